The second-order valence-corrected chi connectivity index (χ2v) is 3.91. The third-order valence-corrected chi connectivity index (χ3v) is 2.40. The normalized spacial score (nSPS) is 24.0. The highest BCUT2D eigenvalue weighted by Gasteiger charge is 2.28. The number of rotatable bonds is 7. The fourth-order valence-corrected chi connectivity index (χ4v) is 1.47. The number of hydrogen-bond acceptors (Lipinski definition) is 3. The molecule has 1 aliphatic carbocycles. The van der Waals surface area contributed by atoms with Crippen molar-refractivity contribution < 1.29 is 14.3 Å². The highest BCUT2D eigenvalue weighted by molar-refractivity contribution is 5.67. The Bertz CT molecular complexity index is 281. The van der Waals surface area contributed by atoms with E-state index in [0.29, 0.717) is 19.6 Å². The predicted molar refractivity (Wildman–Crippen MR) is 63.1 cm³/mol. The van der Waals surface area contributed by atoms with Crippen LogP contribution in [0.25, 0.3) is 0 Å². The lowest BCUT2D eigenvalue weighted by atomic mass is 9.96. The largest absolute Gasteiger partial charge is 0.494 e. The third kappa shape index (κ3) is 3.49. The van der Waals surface area contributed by atoms with Crippen LogP contribution in [0.2, 0.25) is 0 Å². The molecule has 0 bridgehead atoms. The number of carbonyl (C=O) groups is 1. The second kappa shape index (κ2) is 6.48. The van der Waals surface area contributed by atoms with Gasteiger partial charge in [0.05, 0.1) is 6.61 Å². The minimum atomic E-state index is -0.769. The predicted octanol–water partition coefficient (Wildman–Crippen LogP) is 2.62. The molecule has 0 aromatic rings. The van der Waals surface area contributed by atoms with Crippen LogP contribution in [0.4, 0.5) is 0 Å². The van der Waals surface area contributed by atoms with Gasteiger partial charge >= 0.3 is 0 Å². The molecule has 0 amide bonds. The summed E-state index contributed by atoms with van der Waals surface area (Å²) in [5.41, 5.74) is -0.769. The Balaban J connectivity index is 2.53. The first-order valence-corrected chi connectivity index (χ1v) is 5.89. The van der Waals surface area contributed by atoms with E-state index < -0.39 is 5.60 Å². The molecule has 0 heterocycles. The van der Waals surface area contributed by atoms with Crippen LogP contribution in [0.3, 0.4) is 0 Å². The summed E-state index contributed by atoms with van der Waals surface area (Å²) in [4.78, 5) is 11.1. The van der Waals surface area contributed by atoms with Gasteiger partial charge in [0, 0.05) is 13.0 Å². The molecular weight excluding hydrogens is 204 g/mol. The first-order valence-electron chi connectivity index (χ1n) is 5.89. The van der Waals surface area contributed by atoms with Gasteiger partial charge in [-0.15, -0.1) is 0 Å². The maximum Gasteiger partial charge on any atom is 0.156 e. The molecule has 1 atom stereocenters. The fourth-order valence-electron chi connectivity index (χ4n) is 1.47. The molecule has 0 spiro atoms. The highest BCUT2D eigenvalue weighted by Crippen LogP contribution is 2.23. The Morgan fingerprint density at radius 2 is 2.12 bits per heavy atom. The fraction of sp³-hybridized carbons (Fsp3) is 0.615. The van der Waals surface area contributed by atoms with Crippen LogP contribution in [0.15, 0.2) is 24.0 Å². The Morgan fingerprint density at radius 3 is 2.62 bits per heavy atom. The third-order valence-electron chi connectivity index (χ3n) is 2.40. The van der Waals surface area contributed by atoms with Crippen molar-refractivity contribution in [3.05, 3.63) is 24.0 Å². The maximum atomic E-state index is 11.1. The van der Waals surface area contributed by atoms with E-state index in [1.54, 1.807) is 6.08 Å². The van der Waals surface area contributed by atoms with Crippen LogP contribution in [-0.4, -0.2) is 25.1 Å². The summed E-state index contributed by atoms with van der Waals surface area (Å²) in [7, 11) is 0. The topological polar surface area (TPSA) is 35.5 Å². The molecule has 0 aromatic heterocycles. The molecular formula is C13H20O3. The van der Waals surface area contributed by atoms with E-state index in [9.17, 15) is 4.79 Å². The van der Waals surface area contributed by atoms with Crippen molar-refractivity contribution in [1.82, 2.24) is 0 Å². The lowest BCUT2D eigenvalue weighted by Crippen LogP contribution is -2.33. The van der Waals surface area contributed by atoms with Crippen molar-refractivity contribution in [3.63, 3.8) is 0 Å². The average Bonchev–Trinajstić information content (AvgIpc) is 2.35. The minimum Gasteiger partial charge on any atom is -0.494 e. The molecule has 3 nitrogen and oxygen atoms in total. The molecule has 0 saturated carbocycles. The van der Waals surface area contributed by atoms with Crippen molar-refractivity contribution in [1.29, 1.82) is 0 Å². The first-order chi connectivity index (χ1) is 7.76. The van der Waals surface area contributed by atoms with E-state index in [-0.39, 0.29) is 0 Å². The van der Waals surface area contributed by atoms with E-state index in [0.717, 1.165) is 24.9 Å². The Labute approximate surface area is 97.1 Å². The number of hydrogen-bond donors (Lipinski definition) is 0. The van der Waals surface area contributed by atoms with Gasteiger partial charge < -0.3 is 9.47 Å². The Hall–Kier alpha value is -1.09. The quantitative estimate of drug-likeness (QED) is 0.624. The van der Waals surface area contributed by atoms with E-state index in [4.69, 9.17) is 9.47 Å². The summed E-state index contributed by atoms with van der Waals surface area (Å²) in [6, 6.07) is 0. The molecule has 0 radical (unpaired) electrons. The summed E-state index contributed by atoms with van der Waals surface area (Å²) in [6.07, 6.45) is 8.85. The van der Waals surface area contributed by atoms with Crippen LogP contribution in [0, 0.1) is 0 Å². The van der Waals surface area contributed by atoms with Gasteiger partial charge in [0.2, 0.25) is 0 Å². The molecule has 0 aliphatic heterocycles. The van der Waals surface area contributed by atoms with Gasteiger partial charge in [-0.25, -0.2) is 0 Å². The molecule has 0 N–H and O–H groups in total. The summed E-state index contributed by atoms with van der Waals surface area (Å²) in [5, 5.41) is 0. The molecule has 0 aromatic carbocycles. The number of allylic oxidation sites excluding steroid dienone is 1. The van der Waals surface area contributed by atoms with Gasteiger partial charge in [0.25, 0.3) is 0 Å². The van der Waals surface area contributed by atoms with Crippen LogP contribution >= 0.6 is 0 Å². The zero-order valence-electron chi connectivity index (χ0n) is 10.1. The van der Waals surface area contributed by atoms with Crippen LogP contribution < -0.4 is 0 Å². The molecule has 0 saturated heterocycles. The van der Waals surface area contributed by atoms with Crippen molar-refractivity contribution in [2.45, 2.75) is 38.7 Å². The molecule has 1 aliphatic rings. The van der Waals surface area contributed by atoms with Gasteiger partial charge in [0.15, 0.2) is 6.29 Å². The monoisotopic (exact) mass is 224 g/mol. The van der Waals surface area contributed by atoms with Crippen molar-refractivity contribution in [2.24, 2.45) is 0 Å². The number of ether oxygens (including phenoxy) is 2. The number of aldehydes is 1. The molecule has 3 heteroatoms. The van der Waals surface area contributed by atoms with E-state index in [2.05, 4.69) is 6.92 Å². The van der Waals surface area contributed by atoms with Gasteiger partial charge in [-0.05, 0) is 31.1 Å². The van der Waals surface area contributed by atoms with E-state index in [1.165, 1.54) is 0 Å². The number of carbonyl (C=O) groups excluding carboxylic acids is 1. The summed E-state index contributed by atoms with van der Waals surface area (Å²) in [5.74, 6) is 0.833. The van der Waals surface area contributed by atoms with Crippen molar-refractivity contribution in [2.75, 3.05) is 13.2 Å². The Morgan fingerprint density at radius 1 is 1.38 bits per heavy atom. The zero-order chi connectivity index (χ0) is 11.9. The first kappa shape index (κ1) is 13.0. The van der Waals surface area contributed by atoms with Gasteiger partial charge in [0.1, 0.15) is 11.4 Å². The lowest BCUT2D eigenvalue weighted by Gasteiger charge is -2.26. The standard InChI is InChI=1S/C13H20O3/c1-3-9-15-12-5-7-13(11-14,8-6-12)16-10-4-2/h5-7,11H,3-4,8-10H2,1-2H3. The molecule has 16 heavy (non-hydrogen) atoms. The maximum absolute atomic E-state index is 11.1. The van der Waals surface area contributed by atoms with Crippen LogP contribution in [0.5, 0.6) is 0 Å². The minimum absolute atomic E-state index is 0.562. The van der Waals surface area contributed by atoms with Crippen molar-refractivity contribution >= 4 is 6.29 Å². The van der Waals surface area contributed by atoms with Gasteiger partial charge in [-0.3, -0.25) is 4.79 Å². The summed E-state index contributed by atoms with van der Waals surface area (Å²) < 4.78 is 11.0. The smallest absolute Gasteiger partial charge is 0.156 e. The van der Waals surface area contributed by atoms with Crippen LogP contribution in [0.1, 0.15) is 33.1 Å². The molecule has 1 unspecified atom stereocenters. The van der Waals surface area contributed by atoms with Gasteiger partial charge in [-0.1, -0.05) is 13.8 Å². The highest BCUT2D eigenvalue weighted by atomic mass is 16.5. The second-order valence-electron chi connectivity index (χ2n) is 3.91. The zero-order valence-corrected chi connectivity index (χ0v) is 10.1. The molecule has 0 fully saturated rings. The van der Waals surface area contributed by atoms with E-state index >= 15 is 0 Å². The average molecular weight is 224 g/mol. The van der Waals surface area contributed by atoms with Crippen molar-refractivity contribution in [3.8, 4) is 0 Å². The lowest BCUT2D eigenvalue weighted by molar-refractivity contribution is -0.125. The molecule has 1 rings (SSSR count). The van der Waals surface area contributed by atoms with Crippen LogP contribution in [-0.2, 0) is 14.3 Å². The van der Waals surface area contributed by atoms with E-state index in [1.807, 2.05) is 19.1 Å². The molecule has 90 valence electrons. The Kier molecular flexibility index (Phi) is 5.26. The van der Waals surface area contributed by atoms with Gasteiger partial charge in [-0.2, -0.15) is 0 Å². The summed E-state index contributed by atoms with van der Waals surface area (Å²) in [6.45, 7) is 5.39. The SMILES string of the molecule is CCCOC1=CCC(C=O)(OCCC)C=C1. The summed E-state index contributed by atoms with van der Waals surface area (Å²) >= 11 is 0.